The number of hydrogen-bond donors (Lipinski definition) is 2. The number of hydrogen-bond acceptors (Lipinski definition) is 3. The molecule has 0 aliphatic rings. The highest BCUT2D eigenvalue weighted by Gasteiger charge is 2.08. The number of nitrogens with one attached hydrogen (secondary N) is 2. The molecule has 2 rings (SSSR count). The van der Waals surface area contributed by atoms with Crippen molar-refractivity contribution >= 4 is 5.91 Å². The average molecular weight is 300 g/mol. The zero-order chi connectivity index (χ0) is 15.8. The second-order valence-electron chi connectivity index (χ2n) is 5.27. The Labute approximate surface area is 131 Å². The highest BCUT2D eigenvalue weighted by Crippen LogP contribution is 2.11. The first-order chi connectivity index (χ1) is 10.7. The summed E-state index contributed by atoms with van der Waals surface area (Å²) in [5.74, 6) is 0.00175. The van der Waals surface area contributed by atoms with Gasteiger partial charge in [-0.15, -0.1) is 0 Å². The van der Waals surface area contributed by atoms with Crippen molar-refractivity contribution in [3.05, 3.63) is 53.3 Å². The van der Waals surface area contributed by atoms with E-state index in [1.165, 1.54) is 11.1 Å². The molecule has 118 valence electrons. The summed E-state index contributed by atoms with van der Waals surface area (Å²) in [6.07, 6.45) is 1.99. The van der Waals surface area contributed by atoms with Crippen LogP contribution >= 0.6 is 0 Å². The first kappa shape index (κ1) is 16.2. The molecular formula is C17H24N4O. The van der Waals surface area contributed by atoms with E-state index in [9.17, 15) is 4.79 Å². The first-order valence-corrected chi connectivity index (χ1v) is 7.77. The van der Waals surface area contributed by atoms with E-state index in [-0.39, 0.29) is 5.91 Å². The van der Waals surface area contributed by atoms with E-state index in [0.29, 0.717) is 13.0 Å². The molecule has 0 spiro atoms. The van der Waals surface area contributed by atoms with E-state index in [0.717, 1.165) is 25.3 Å². The van der Waals surface area contributed by atoms with Crippen LogP contribution in [0.5, 0.6) is 0 Å². The fourth-order valence-corrected chi connectivity index (χ4v) is 2.38. The highest BCUT2D eigenvalue weighted by atomic mass is 16.1. The number of nitrogens with zero attached hydrogens (tertiary/aromatic N) is 2. The first-order valence-electron chi connectivity index (χ1n) is 7.77. The zero-order valence-corrected chi connectivity index (χ0v) is 13.3. The third-order valence-electron chi connectivity index (χ3n) is 3.79. The third-order valence-corrected chi connectivity index (χ3v) is 3.79. The maximum Gasteiger partial charge on any atom is 0.226 e. The van der Waals surface area contributed by atoms with E-state index < -0.39 is 0 Å². The Balaban J connectivity index is 1.93. The van der Waals surface area contributed by atoms with Gasteiger partial charge in [0.15, 0.2) is 0 Å². The minimum atomic E-state index is 0.00175. The van der Waals surface area contributed by atoms with E-state index in [4.69, 9.17) is 0 Å². The molecule has 1 aromatic carbocycles. The molecule has 0 radical (unpaired) electrons. The van der Waals surface area contributed by atoms with Gasteiger partial charge in [0.05, 0.1) is 6.42 Å². The maximum absolute atomic E-state index is 12.0. The Morgan fingerprint density at radius 2 is 1.91 bits per heavy atom. The molecule has 2 N–H and O–H groups in total. The average Bonchev–Trinajstić information content (AvgIpc) is 3.04. The third kappa shape index (κ3) is 4.70. The number of amides is 1. The number of H-pyrrole nitrogens is 1. The monoisotopic (exact) mass is 300 g/mol. The van der Waals surface area contributed by atoms with Gasteiger partial charge < -0.3 is 5.32 Å². The van der Waals surface area contributed by atoms with Crippen molar-refractivity contribution in [1.82, 2.24) is 20.4 Å². The number of carbonyl (C=O) groups is 1. The lowest BCUT2D eigenvalue weighted by Crippen LogP contribution is -2.27. The van der Waals surface area contributed by atoms with Crippen molar-refractivity contribution < 1.29 is 4.79 Å². The molecule has 0 bridgehead atoms. The van der Waals surface area contributed by atoms with Crippen LogP contribution in [-0.4, -0.2) is 34.1 Å². The summed E-state index contributed by atoms with van der Waals surface area (Å²) in [6.45, 7) is 7.86. The fourth-order valence-electron chi connectivity index (χ4n) is 2.38. The number of rotatable bonds is 8. The quantitative estimate of drug-likeness (QED) is 0.785. The Bertz CT molecular complexity index is 576. The van der Waals surface area contributed by atoms with E-state index in [1.807, 2.05) is 12.1 Å². The topological polar surface area (TPSA) is 61.0 Å². The van der Waals surface area contributed by atoms with Crippen molar-refractivity contribution in [2.75, 3.05) is 13.1 Å². The van der Waals surface area contributed by atoms with Gasteiger partial charge in [0, 0.05) is 25.0 Å². The lowest BCUT2D eigenvalue weighted by atomic mass is 10.1. The Hall–Kier alpha value is -2.14. The van der Waals surface area contributed by atoms with Crippen LogP contribution in [0, 0.1) is 0 Å². The molecular weight excluding hydrogens is 276 g/mol. The molecule has 0 atom stereocenters. The molecule has 0 fully saturated rings. The van der Waals surface area contributed by atoms with Crippen LogP contribution in [0.2, 0.25) is 0 Å². The molecule has 1 amide bonds. The summed E-state index contributed by atoms with van der Waals surface area (Å²) in [7, 11) is 0. The fraction of sp³-hybridized carbons (Fsp3) is 0.412. The zero-order valence-electron chi connectivity index (χ0n) is 13.3. The minimum Gasteiger partial charge on any atom is -0.352 e. The number of aromatic nitrogens is 2. The lowest BCUT2D eigenvalue weighted by Gasteiger charge is -2.20. The van der Waals surface area contributed by atoms with Crippen molar-refractivity contribution in [1.29, 1.82) is 0 Å². The SMILES string of the molecule is CCN(CC)Cc1ccccc1CNC(=O)Cc1ccn[nH]1. The van der Waals surface area contributed by atoms with Crippen LogP contribution in [0.3, 0.4) is 0 Å². The normalized spacial score (nSPS) is 10.9. The highest BCUT2D eigenvalue weighted by molar-refractivity contribution is 5.78. The summed E-state index contributed by atoms with van der Waals surface area (Å²) in [5, 5.41) is 9.63. The molecule has 1 aromatic heterocycles. The smallest absolute Gasteiger partial charge is 0.226 e. The summed E-state index contributed by atoms with van der Waals surface area (Å²) in [4.78, 5) is 14.3. The summed E-state index contributed by atoms with van der Waals surface area (Å²) in [5.41, 5.74) is 3.27. The predicted octanol–water partition coefficient (Wildman–Crippen LogP) is 2.11. The molecule has 22 heavy (non-hydrogen) atoms. The Morgan fingerprint density at radius 3 is 2.55 bits per heavy atom. The number of benzene rings is 1. The van der Waals surface area contributed by atoms with Crippen molar-refractivity contribution in [2.45, 2.75) is 33.4 Å². The molecule has 0 aliphatic carbocycles. The van der Waals surface area contributed by atoms with Gasteiger partial charge in [-0.25, -0.2) is 0 Å². The van der Waals surface area contributed by atoms with Crippen LogP contribution in [0.15, 0.2) is 36.5 Å². The lowest BCUT2D eigenvalue weighted by molar-refractivity contribution is -0.120. The standard InChI is InChI=1S/C17H24N4O/c1-3-21(4-2)13-15-8-6-5-7-14(15)12-18-17(22)11-16-9-10-19-20-16/h5-10H,3-4,11-13H2,1-2H3,(H,18,22)(H,19,20). The Kier molecular flexibility index (Phi) is 6.15. The number of aromatic amines is 1. The second kappa shape index (κ2) is 8.34. The van der Waals surface area contributed by atoms with Gasteiger partial charge in [0.25, 0.3) is 0 Å². The predicted molar refractivity (Wildman–Crippen MR) is 87.2 cm³/mol. The molecule has 1 heterocycles. The summed E-state index contributed by atoms with van der Waals surface area (Å²) >= 11 is 0. The van der Waals surface area contributed by atoms with E-state index in [1.54, 1.807) is 6.20 Å². The van der Waals surface area contributed by atoms with Gasteiger partial charge >= 0.3 is 0 Å². The van der Waals surface area contributed by atoms with Gasteiger partial charge in [-0.3, -0.25) is 14.8 Å². The van der Waals surface area contributed by atoms with Crippen molar-refractivity contribution in [3.63, 3.8) is 0 Å². The van der Waals surface area contributed by atoms with Gasteiger partial charge in [0.1, 0.15) is 0 Å². The van der Waals surface area contributed by atoms with E-state index >= 15 is 0 Å². The van der Waals surface area contributed by atoms with Crippen LogP contribution in [0.1, 0.15) is 30.7 Å². The van der Waals surface area contributed by atoms with Gasteiger partial charge in [-0.1, -0.05) is 38.1 Å². The molecule has 5 heteroatoms. The van der Waals surface area contributed by atoms with Crippen molar-refractivity contribution in [2.24, 2.45) is 0 Å². The second-order valence-corrected chi connectivity index (χ2v) is 5.27. The maximum atomic E-state index is 12.0. The summed E-state index contributed by atoms with van der Waals surface area (Å²) in [6, 6.07) is 10.1. The van der Waals surface area contributed by atoms with Gasteiger partial charge in [0.2, 0.25) is 5.91 Å². The van der Waals surface area contributed by atoms with Crippen LogP contribution in [-0.2, 0) is 24.3 Å². The minimum absolute atomic E-state index is 0.00175. The molecule has 0 unspecified atom stereocenters. The largest absolute Gasteiger partial charge is 0.352 e. The van der Waals surface area contributed by atoms with Crippen LogP contribution in [0.25, 0.3) is 0 Å². The van der Waals surface area contributed by atoms with Gasteiger partial charge in [-0.2, -0.15) is 5.10 Å². The molecule has 0 saturated carbocycles. The van der Waals surface area contributed by atoms with Gasteiger partial charge in [-0.05, 0) is 30.3 Å². The van der Waals surface area contributed by atoms with Crippen LogP contribution in [0.4, 0.5) is 0 Å². The molecule has 0 saturated heterocycles. The summed E-state index contributed by atoms with van der Waals surface area (Å²) < 4.78 is 0. The molecule has 0 aliphatic heterocycles. The van der Waals surface area contributed by atoms with E-state index in [2.05, 4.69) is 52.5 Å². The Morgan fingerprint density at radius 1 is 1.18 bits per heavy atom. The van der Waals surface area contributed by atoms with Crippen molar-refractivity contribution in [3.8, 4) is 0 Å². The number of carbonyl (C=O) groups excluding carboxylic acids is 1. The molecule has 2 aromatic rings. The molecule has 5 nitrogen and oxygen atoms in total. The van der Waals surface area contributed by atoms with Crippen LogP contribution < -0.4 is 5.32 Å².